The highest BCUT2D eigenvalue weighted by Crippen LogP contribution is 2.30. The highest BCUT2D eigenvalue weighted by Gasteiger charge is 2.38. The van der Waals surface area contributed by atoms with Crippen molar-refractivity contribution in [3.05, 3.63) is 0 Å². The van der Waals surface area contributed by atoms with Gasteiger partial charge in [-0.2, -0.15) is 0 Å². The summed E-state index contributed by atoms with van der Waals surface area (Å²) >= 11 is 0. The van der Waals surface area contributed by atoms with Crippen LogP contribution in [0.15, 0.2) is 0 Å². The van der Waals surface area contributed by atoms with Gasteiger partial charge in [-0.15, -0.1) is 11.8 Å². The summed E-state index contributed by atoms with van der Waals surface area (Å²) in [5.74, 6) is 5.94. The third-order valence-corrected chi connectivity index (χ3v) is 3.96. The Morgan fingerprint density at radius 3 is 2.00 bits per heavy atom. The molecule has 0 rings (SSSR count). The van der Waals surface area contributed by atoms with E-state index in [1.807, 2.05) is 6.92 Å². The molecule has 0 spiro atoms. The number of nitrogens with zero attached hydrogens (tertiary/aromatic N) is 1. The van der Waals surface area contributed by atoms with Crippen molar-refractivity contribution in [2.24, 2.45) is 0 Å². The van der Waals surface area contributed by atoms with Crippen LogP contribution in [0.5, 0.6) is 0 Å². The minimum absolute atomic E-state index is 0.0705. The molecule has 0 aromatic carbocycles. The second-order valence-corrected chi connectivity index (χ2v) is 4.46. The van der Waals surface area contributed by atoms with Gasteiger partial charge in [-0.1, -0.05) is 27.7 Å². The first-order valence-electron chi connectivity index (χ1n) is 6.95. The summed E-state index contributed by atoms with van der Waals surface area (Å²) < 4.78 is 0. The highest BCUT2D eigenvalue weighted by molar-refractivity contribution is 4.99. The van der Waals surface area contributed by atoms with Gasteiger partial charge < -0.3 is 5.11 Å². The molecule has 100 valence electrons. The quantitative estimate of drug-likeness (QED) is 0.658. The zero-order valence-corrected chi connectivity index (χ0v) is 12.2. The van der Waals surface area contributed by atoms with Gasteiger partial charge in [0.2, 0.25) is 0 Å². The molecular weight excluding hydrogens is 210 g/mol. The first-order chi connectivity index (χ1) is 8.12. The molecule has 0 bridgehead atoms. The van der Waals surface area contributed by atoms with E-state index in [1.54, 1.807) is 0 Å². The number of hydrogen-bond donors (Lipinski definition) is 1. The average Bonchev–Trinajstić information content (AvgIpc) is 2.36. The lowest BCUT2D eigenvalue weighted by Crippen LogP contribution is -2.56. The van der Waals surface area contributed by atoms with Crippen LogP contribution in [0.2, 0.25) is 0 Å². The number of hydrogen-bond acceptors (Lipinski definition) is 2. The van der Waals surface area contributed by atoms with Crippen LogP contribution in [0.25, 0.3) is 0 Å². The van der Waals surface area contributed by atoms with Crippen molar-refractivity contribution in [1.82, 2.24) is 4.90 Å². The Hall–Kier alpha value is -0.520. The molecular formula is C15H29NO. The lowest BCUT2D eigenvalue weighted by molar-refractivity contribution is -0.0376. The molecule has 17 heavy (non-hydrogen) atoms. The average molecular weight is 239 g/mol. The number of aliphatic hydroxyl groups is 1. The molecule has 0 aliphatic heterocycles. The van der Waals surface area contributed by atoms with Crippen molar-refractivity contribution in [3.63, 3.8) is 0 Å². The Morgan fingerprint density at radius 2 is 1.65 bits per heavy atom. The Kier molecular flexibility index (Phi) is 8.29. The van der Waals surface area contributed by atoms with Gasteiger partial charge >= 0.3 is 0 Å². The molecule has 0 aliphatic carbocycles. The molecule has 0 heterocycles. The summed E-state index contributed by atoms with van der Waals surface area (Å²) in [6, 6.07) is 0. The van der Waals surface area contributed by atoms with Gasteiger partial charge in [-0.3, -0.25) is 4.90 Å². The van der Waals surface area contributed by atoms with Crippen LogP contribution in [-0.4, -0.2) is 34.7 Å². The van der Waals surface area contributed by atoms with Crippen molar-refractivity contribution in [2.45, 2.75) is 71.9 Å². The van der Waals surface area contributed by atoms with E-state index in [0.29, 0.717) is 0 Å². The van der Waals surface area contributed by atoms with E-state index in [4.69, 9.17) is 0 Å². The number of rotatable bonds is 8. The van der Waals surface area contributed by atoms with Gasteiger partial charge in [0.25, 0.3) is 0 Å². The third-order valence-electron chi connectivity index (χ3n) is 3.96. The van der Waals surface area contributed by atoms with Gasteiger partial charge in [-0.05, 0) is 39.3 Å². The zero-order chi connectivity index (χ0) is 13.3. The lowest BCUT2D eigenvalue weighted by Gasteiger charge is -2.45. The van der Waals surface area contributed by atoms with Crippen LogP contribution in [0.4, 0.5) is 0 Å². The molecule has 0 aromatic heterocycles. The van der Waals surface area contributed by atoms with E-state index in [9.17, 15) is 5.11 Å². The maximum absolute atomic E-state index is 10.5. The fourth-order valence-electron chi connectivity index (χ4n) is 2.84. The molecule has 0 radical (unpaired) electrons. The molecule has 2 heteroatoms. The normalized spacial score (nSPS) is 13.4. The standard InChI is InChI=1S/C15H29NO/c1-6-11-12-13-14(17)15(7-2,8-3)16(9-4)10-5/h14,17H,7-10,12-13H2,1-5H3. The van der Waals surface area contributed by atoms with Crippen molar-refractivity contribution >= 4 is 0 Å². The first-order valence-corrected chi connectivity index (χ1v) is 6.95. The maximum Gasteiger partial charge on any atom is 0.0732 e. The van der Waals surface area contributed by atoms with Crippen LogP contribution >= 0.6 is 0 Å². The smallest absolute Gasteiger partial charge is 0.0732 e. The molecule has 0 saturated heterocycles. The SMILES string of the molecule is CC#CCCC(O)C(CC)(CC)N(CC)CC. The summed E-state index contributed by atoms with van der Waals surface area (Å²) in [6.45, 7) is 12.5. The van der Waals surface area contributed by atoms with Crippen LogP contribution < -0.4 is 0 Å². The molecule has 0 fully saturated rings. The molecule has 1 N–H and O–H groups in total. The van der Waals surface area contributed by atoms with E-state index in [2.05, 4.69) is 44.4 Å². The van der Waals surface area contributed by atoms with Crippen molar-refractivity contribution < 1.29 is 5.11 Å². The summed E-state index contributed by atoms with van der Waals surface area (Å²) in [5, 5.41) is 10.5. The molecule has 0 amide bonds. The number of aliphatic hydroxyl groups excluding tert-OH is 1. The predicted molar refractivity (Wildman–Crippen MR) is 74.9 cm³/mol. The van der Waals surface area contributed by atoms with E-state index in [-0.39, 0.29) is 11.6 Å². The fourth-order valence-corrected chi connectivity index (χ4v) is 2.84. The molecule has 2 nitrogen and oxygen atoms in total. The number of likely N-dealkylation sites (N-methyl/N-ethyl adjacent to an activating group) is 1. The van der Waals surface area contributed by atoms with Gasteiger partial charge in [0.1, 0.15) is 0 Å². The summed E-state index contributed by atoms with van der Waals surface area (Å²) in [4.78, 5) is 2.40. The van der Waals surface area contributed by atoms with E-state index < -0.39 is 0 Å². The van der Waals surface area contributed by atoms with Crippen LogP contribution in [0.3, 0.4) is 0 Å². The Balaban J connectivity index is 4.81. The van der Waals surface area contributed by atoms with Crippen molar-refractivity contribution in [1.29, 1.82) is 0 Å². The van der Waals surface area contributed by atoms with Crippen molar-refractivity contribution in [2.75, 3.05) is 13.1 Å². The van der Waals surface area contributed by atoms with Gasteiger partial charge in [-0.25, -0.2) is 0 Å². The zero-order valence-electron chi connectivity index (χ0n) is 12.2. The monoisotopic (exact) mass is 239 g/mol. The van der Waals surface area contributed by atoms with Gasteiger partial charge in [0.15, 0.2) is 0 Å². The molecule has 0 saturated carbocycles. The van der Waals surface area contributed by atoms with Crippen molar-refractivity contribution in [3.8, 4) is 11.8 Å². The van der Waals surface area contributed by atoms with Crippen LogP contribution in [0.1, 0.15) is 60.3 Å². The Morgan fingerprint density at radius 1 is 1.12 bits per heavy atom. The predicted octanol–water partition coefficient (Wildman–Crippen LogP) is 3.05. The molecule has 0 aliphatic rings. The van der Waals surface area contributed by atoms with Crippen LogP contribution in [0, 0.1) is 11.8 Å². The summed E-state index contributed by atoms with van der Waals surface area (Å²) in [5.41, 5.74) is -0.0705. The van der Waals surface area contributed by atoms with E-state index >= 15 is 0 Å². The van der Waals surface area contributed by atoms with E-state index in [0.717, 1.165) is 38.8 Å². The minimum Gasteiger partial charge on any atom is -0.391 e. The molecule has 1 unspecified atom stereocenters. The lowest BCUT2D eigenvalue weighted by atomic mass is 9.82. The topological polar surface area (TPSA) is 23.5 Å². The maximum atomic E-state index is 10.5. The minimum atomic E-state index is -0.279. The molecule has 1 atom stereocenters. The summed E-state index contributed by atoms with van der Waals surface area (Å²) in [6.07, 6.45) is 3.27. The second-order valence-electron chi connectivity index (χ2n) is 4.46. The van der Waals surface area contributed by atoms with Gasteiger partial charge in [0, 0.05) is 12.0 Å². The second kappa shape index (κ2) is 8.55. The molecule has 0 aromatic rings. The highest BCUT2D eigenvalue weighted by atomic mass is 16.3. The Bertz CT molecular complexity index is 243. The van der Waals surface area contributed by atoms with Crippen LogP contribution in [-0.2, 0) is 0 Å². The summed E-state index contributed by atoms with van der Waals surface area (Å²) in [7, 11) is 0. The van der Waals surface area contributed by atoms with Gasteiger partial charge in [0.05, 0.1) is 6.10 Å². The first kappa shape index (κ1) is 16.5. The van der Waals surface area contributed by atoms with E-state index in [1.165, 1.54) is 0 Å². The Labute approximate surface area is 107 Å². The fraction of sp³-hybridized carbons (Fsp3) is 0.867. The third kappa shape index (κ3) is 4.01. The largest absolute Gasteiger partial charge is 0.391 e.